The Morgan fingerprint density at radius 3 is 2.57 bits per heavy atom. The number of likely N-dealkylation sites (tertiary alicyclic amines) is 1. The molecule has 2 amide bonds. The van der Waals surface area contributed by atoms with Gasteiger partial charge in [0.1, 0.15) is 5.82 Å². The second-order valence-corrected chi connectivity index (χ2v) is 6.37. The number of nitrogens with one attached hydrogen (secondary N) is 1. The van der Waals surface area contributed by atoms with Gasteiger partial charge in [0, 0.05) is 25.6 Å². The molecular formula is C16H23N3O2. The van der Waals surface area contributed by atoms with Crippen molar-refractivity contribution in [3.8, 4) is 0 Å². The van der Waals surface area contributed by atoms with Gasteiger partial charge in [-0.2, -0.15) is 0 Å². The number of imide groups is 1. The molecule has 1 aromatic heterocycles. The van der Waals surface area contributed by atoms with E-state index in [1.54, 1.807) is 6.20 Å². The lowest BCUT2D eigenvalue weighted by atomic mass is 9.81. The van der Waals surface area contributed by atoms with Crippen LogP contribution in [0, 0.1) is 5.41 Å². The monoisotopic (exact) mass is 289 g/mol. The van der Waals surface area contributed by atoms with Crippen molar-refractivity contribution in [2.45, 2.75) is 46.6 Å². The van der Waals surface area contributed by atoms with Gasteiger partial charge in [-0.05, 0) is 29.5 Å². The lowest BCUT2D eigenvalue weighted by Crippen LogP contribution is -2.45. The number of piperidine rings is 1. The Labute approximate surface area is 125 Å². The third-order valence-electron chi connectivity index (χ3n) is 3.58. The van der Waals surface area contributed by atoms with Crippen molar-refractivity contribution in [2.75, 3.05) is 11.9 Å². The summed E-state index contributed by atoms with van der Waals surface area (Å²) in [6.45, 7) is 7.19. The molecule has 0 atom stereocenters. The Kier molecular flexibility index (Phi) is 4.60. The van der Waals surface area contributed by atoms with Gasteiger partial charge >= 0.3 is 0 Å². The number of hydrogen-bond donors (Lipinski definition) is 1. The highest BCUT2D eigenvalue weighted by Gasteiger charge is 2.37. The van der Waals surface area contributed by atoms with Crippen LogP contribution in [0.3, 0.4) is 0 Å². The highest BCUT2D eigenvalue weighted by atomic mass is 16.2. The molecule has 0 unspecified atom stereocenters. The van der Waals surface area contributed by atoms with Crippen molar-refractivity contribution in [3.63, 3.8) is 0 Å². The molecular weight excluding hydrogens is 266 g/mol. The summed E-state index contributed by atoms with van der Waals surface area (Å²) in [5.41, 5.74) is 0.696. The number of anilines is 1. The molecule has 2 heterocycles. The number of rotatable bonds is 5. The van der Waals surface area contributed by atoms with Gasteiger partial charge < -0.3 is 5.32 Å². The molecule has 5 heteroatoms. The summed E-state index contributed by atoms with van der Waals surface area (Å²) in [4.78, 5) is 29.9. The number of carbonyl (C=O) groups excluding carboxylic acids is 2. The van der Waals surface area contributed by atoms with E-state index in [2.05, 4.69) is 17.2 Å². The lowest BCUT2D eigenvalue weighted by molar-refractivity contribution is -0.153. The van der Waals surface area contributed by atoms with Crippen LogP contribution in [0.2, 0.25) is 0 Å². The van der Waals surface area contributed by atoms with Crippen LogP contribution in [0.25, 0.3) is 0 Å². The minimum atomic E-state index is -0.225. The van der Waals surface area contributed by atoms with E-state index >= 15 is 0 Å². The maximum Gasteiger partial charge on any atom is 0.230 e. The molecule has 0 saturated carbocycles. The first kappa shape index (κ1) is 15.5. The van der Waals surface area contributed by atoms with Crippen LogP contribution in [-0.2, 0) is 16.1 Å². The molecule has 0 radical (unpaired) electrons. The molecule has 1 aliphatic heterocycles. The Balaban J connectivity index is 2.07. The predicted octanol–water partition coefficient (Wildman–Crippen LogP) is 2.58. The first-order valence-corrected chi connectivity index (χ1v) is 7.43. The van der Waals surface area contributed by atoms with E-state index < -0.39 is 0 Å². The first-order valence-electron chi connectivity index (χ1n) is 7.43. The van der Waals surface area contributed by atoms with Crippen molar-refractivity contribution in [1.82, 2.24) is 9.88 Å². The standard InChI is InChI=1S/C16H23N3O2/c1-4-6-17-13-8-12(5-7-18-13)11-19-14(20)9-16(2,3)10-15(19)21/h5,7-8H,4,6,9-11H2,1-3H3,(H,17,18). The SMILES string of the molecule is CCCNc1cc(CN2C(=O)CC(C)(C)CC2=O)ccn1. The van der Waals surface area contributed by atoms with Crippen LogP contribution in [-0.4, -0.2) is 28.2 Å². The van der Waals surface area contributed by atoms with E-state index in [1.807, 2.05) is 26.0 Å². The minimum absolute atomic E-state index is 0.0869. The molecule has 1 N–H and O–H groups in total. The van der Waals surface area contributed by atoms with Crippen LogP contribution < -0.4 is 5.32 Å². The van der Waals surface area contributed by atoms with Gasteiger partial charge in [0.25, 0.3) is 0 Å². The topological polar surface area (TPSA) is 62.3 Å². The maximum absolute atomic E-state index is 12.2. The third-order valence-corrected chi connectivity index (χ3v) is 3.58. The summed E-state index contributed by atoms with van der Waals surface area (Å²) >= 11 is 0. The van der Waals surface area contributed by atoms with Crippen molar-refractivity contribution in [3.05, 3.63) is 23.9 Å². The highest BCUT2D eigenvalue weighted by Crippen LogP contribution is 2.32. The molecule has 0 spiro atoms. The largest absolute Gasteiger partial charge is 0.370 e. The lowest BCUT2D eigenvalue weighted by Gasteiger charge is -2.34. The maximum atomic E-state index is 12.2. The minimum Gasteiger partial charge on any atom is -0.370 e. The Hall–Kier alpha value is -1.91. The van der Waals surface area contributed by atoms with Crippen LogP contribution >= 0.6 is 0 Å². The smallest absolute Gasteiger partial charge is 0.230 e. The fraction of sp³-hybridized carbons (Fsp3) is 0.562. The van der Waals surface area contributed by atoms with Crippen LogP contribution in [0.15, 0.2) is 18.3 Å². The van der Waals surface area contributed by atoms with E-state index in [1.165, 1.54) is 4.90 Å². The Morgan fingerprint density at radius 2 is 1.95 bits per heavy atom. The summed E-state index contributed by atoms with van der Waals surface area (Å²) < 4.78 is 0. The van der Waals surface area contributed by atoms with Crippen LogP contribution in [0.1, 0.15) is 45.6 Å². The number of aromatic nitrogens is 1. The molecule has 1 aromatic rings. The summed E-state index contributed by atoms with van der Waals surface area (Å²) in [5.74, 6) is 0.610. The molecule has 2 rings (SSSR count). The van der Waals surface area contributed by atoms with Gasteiger partial charge in [0.2, 0.25) is 11.8 Å². The van der Waals surface area contributed by atoms with Gasteiger partial charge in [-0.1, -0.05) is 20.8 Å². The molecule has 5 nitrogen and oxygen atoms in total. The fourth-order valence-corrected chi connectivity index (χ4v) is 2.49. The normalized spacial score (nSPS) is 18.0. The molecule has 1 fully saturated rings. The van der Waals surface area contributed by atoms with Crippen molar-refractivity contribution >= 4 is 17.6 Å². The zero-order valence-corrected chi connectivity index (χ0v) is 13.0. The molecule has 114 valence electrons. The highest BCUT2D eigenvalue weighted by molar-refractivity contribution is 5.98. The average Bonchev–Trinajstić information content (AvgIpc) is 2.40. The summed E-state index contributed by atoms with van der Waals surface area (Å²) in [6.07, 6.45) is 3.57. The number of pyridine rings is 1. The Bertz CT molecular complexity index is 520. The van der Waals surface area contributed by atoms with Crippen molar-refractivity contribution in [2.24, 2.45) is 5.41 Å². The van der Waals surface area contributed by atoms with E-state index in [-0.39, 0.29) is 17.2 Å². The molecule has 0 aromatic carbocycles. The molecule has 1 aliphatic rings. The molecule has 0 bridgehead atoms. The zero-order valence-electron chi connectivity index (χ0n) is 13.0. The molecule has 21 heavy (non-hydrogen) atoms. The van der Waals surface area contributed by atoms with E-state index in [4.69, 9.17) is 0 Å². The predicted molar refractivity (Wildman–Crippen MR) is 81.6 cm³/mol. The van der Waals surface area contributed by atoms with Gasteiger partial charge in [-0.3, -0.25) is 14.5 Å². The van der Waals surface area contributed by atoms with Gasteiger partial charge in [0.05, 0.1) is 6.54 Å². The van der Waals surface area contributed by atoms with Crippen LogP contribution in [0.5, 0.6) is 0 Å². The van der Waals surface area contributed by atoms with Gasteiger partial charge in [-0.15, -0.1) is 0 Å². The summed E-state index contributed by atoms with van der Waals surface area (Å²) in [7, 11) is 0. The Morgan fingerprint density at radius 1 is 1.29 bits per heavy atom. The number of amides is 2. The number of nitrogens with zero attached hydrogens (tertiary/aromatic N) is 2. The van der Waals surface area contributed by atoms with E-state index in [0.29, 0.717) is 19.4 Å². The summed E-state index contributed by atoms with van der Waals surface area (Å²) in [5, 5.41) is 3.21. The first-order chi connectivity index (χ1) is 9.91. The van der Waals surface area contributed by atoms with Gasteiger partial charge in [0.15, 0.2) is 0 Å². The quantitative estimate of drug-likeness (QED) is 0.846. The summed E-state index contributed by atoms with van der Waals surface area (Å²) in [6, 6.07) is 3.74. The van der Waals surface area contributed by atoms with Crippen molar-refractivity contribution in [1.29, 1.82) is 0 Å². The van der Waals surface area contributed by atoms with Gasteiger partial charge in [-0.25, -0.2) is 4.98 Å². The second-order valence-electron chi connectivity index (χ2n) is 6.37. The number of carbonyl (C=O) groups is 2. The average molecular weight is 289 g/mol. The van der Waals surface area contributed by atoms with E-state index in [0.717, 1.165) is 24.3 Å². The molecule has 0 aliphatic carbocycles. The number of hydrogen-bond acceptors (Lipinski definition) is 4. The zero-order chi connectivity index (χ0) is 15.5. The fourth-order valence-electron chi connectivity index (χ4n) is 2.49. The van der Waals surface area contributed by atoms with Crippen molar-refractivity contribution < 1.29 is 9.59 Å². The second kappa shape index (κ2) is 6.24. The van der Waals surface area contributed by atoms with E-state index in [9.17, 15) is 9.59 Å². The molecule has 1 saturated heterocycles. The van der Waals surface area contributed by atoms with Crippen LogP contribution in [0.4, 0.5) is 5.82 Å². The third kappa shape index (κ3) is 4.03.